The Morgan fingerprint density at radius 1 is 1.43 bits per heavy atom. The van der Waals surface area contributed by atoms with Crippen molar-refractivity contribution in [2.75, 3.05) is 13.6 Å². The molecule has 2 N–H and O–H groups in total. The van der Waals surface area contributed by atoms with Crippen molar-refractivity contribution in [3.8, 4) is 0 Å². The second-order valence-electron chi connectivity index (χ2n) is 6.01. The Balaban J connectivity index is 2.18. The number of carbonyl (C=O) groups is 2. The number of fused-ring (bicyclic) bond motifs is 1. The van der Waals surface area contributed by atoms with E-state index in [1.54, 1.807) is 20.8 Å². The van der Waals surface area contributed by atoms with Crippen molar-refractivity contribution in [1.29, 1.82) is 0 Å². The first-order chi connectivity index (χ1) is 9.69. The third kappa shape index (κ3) is 3.33. The Kier molecular flexibility index (Phi) is 3.91. The number of hydrogen-bond donors (Lipinski definition) is 2. The number of rotatable bonds is 1. The van der Waals surface area contributed by atoms with Crippen LogP contribution in [0.1, 0.15) is 42.5 Å². The van der Waals surface area contributed by atoms with Gasteiger partial charge in [-0.1, -0.05) is 0 Å². The third-order valence-electron chi connectivity index (χ3n) is 3.08. The highest BCUT2D eigenvalue weighted by Gasteiger charge is 2.30. The molecule has 0 unspecified atom stereocenters. The molecule has 0 atom stereocenters. The number of hydrogen-bond acceptors (Lipinski definition) is 5. The van der Waals surface area contributed by atoms with Crippen LogP contribution in [0.5, 0.6) is 0 Å². The molecule has 0 aliphatic carbocycles. The van der Waals surface area contributed by atoms with Gasteiger partial charge >= 0.3 is 6.09 Å². The van der Waals surface area contributed by atoms with E-state index in [-0.39, 0.29) is 12.2 Å². The summed E-state index contributed by atoms with van der Waals surface area (Å²) >= 11 is 0. The first-order valence-corrected chi connectivity index (χ1v) is 6.70. The lowest BCUT2D eigenvalue weighted by atomic mass is 10.1. The van der Waals surface area contributed by atoms with Crippen molar-refractivity contribution < 1.29 is 19.5 Å². The van der Waals surface area contributed by atoms with Gasteiger partial charge < -0.3 is 9.64 Å². The van der Waals surface area contributed by atoms with E-state index in [0.717, 1.165) is 5.69 Å². The predicted molar refractivity (Wildman–Crippen MR) is 72.8 cm³/mol. The van der Waals surface area contributed by atoms with Crippen LogP contribution in [-0.4, -0.2) is 56.6 Å². The van der Waals surface area contributed by atoms with Crippen molar-refractivity contribution in [1.82, 2.24) is 20.2 Å². The lowest BCUT2D eigenvalue weighted by Crippen LogP contribution is -2.40. The number of hydroxylamine groups is 2. The van der Waals surface area contributed by atoms with E-state index in [2.05, 4.69) is 10.2 Å². The third-order valence-corrected chi connectivity index (χ3v) is 3.08. The predicted octanol–water partition coefficient (Wildman–Crippen LogP) is 1.16. The van der Waals surface area contributed by atoms with Crippen molar-refractivity contribution >= 4 is 12.0 Å². The Bertz CT molecular complexity index is 559. The zero-order valence-electron chi connectivity index (χ0n) is 12.6. The quantitative estimate of drug-likeness (QED) is 0.598. The van der Waals surface area contributed by atoms with Crippen LogP contribution in [0.3, 0.4) is 0 Å². The molecule has 1 aromatic rings. The molecular formula is C13H20N4O4. The SMILES string of the molecule is CN(O)C(=O)c1n[nH]c2c1CN(C(=O)OC(C)(C)C)CC2. The Labute approximate surface area is 122 Å². The van der Waals surface area contributed by atoms with Crippen LogP contribution in [0.4, 0.5) is 4.79 Å². The topological polar surface area (TPSA) is 98.8 Å². The molecule has 0 saturated heterocycles. The summed E-state index contributed by atoms with van der Waals surface area (Å²) < 4.78 is 5.33. The minimum absolute atomic E-state index is 0.128. The van der Waals surface area contributed by atoms with Gasteiger partial charge in [-0.15, -0.1) is 0 Å². The number of amides is 2. The van der Waals surface area contributed by atoms with Gasteiger partial charge in [0.15, 0.2) is 5.69 Å². The van der Waals surface area contributed by atoms with E-state index in [9.17, 15) is 14.8 Å². The summed E-state index contributed by atoms with van der Waals surface area (Å²) in [5.74, 6) is -0.612. The number of nitrogens with zero attached hydrogens (tertiary/aromatic N) is 3. The number of H-pyrrole nitrogens is 1. The highest BCUT2D eigenvalue weighted by Crippen LogP contribution is 2.22. The highest BCUT2D eigenvalue weighted by atomic mass is 16.6. The Morgan fingerprint density at radius 3 is 2.67 bits per heavy atom. The number of aromatic nitrogens is 2. The second kappa shape index (κ2) is 5.36. The summed E-state index contributed by atoms with van der Waals surface area (Å²) in [6.45, 7) is 6.12. The van der Waals surface area contributed by atoms with Gasteiger partial charge in [0.25, 0.3) is 5.91 Å². The minimum Gasteiger partial charge on any atom is -0.444 e. The van der Waals surface area contributed by atoms with Gasteiger partial charge in [0, 0.05) is 31.3 Å². The smallest absolute Gasteiger partial charge is 0.410 e. The molecule has 2 amide bonds. The Hall–Kier alpha value is -2.09. The molecule has 2 rings (SSSR count). The first-order valence-electron chi connectivity index (χ1n) is 6.70. The zero-order chi connectivity index (χ0) is 15.8. The molecular weight excluding hydrogens is 276 g/mol. The highest BCUT2D eigenvalue weighted by molar-refractivity contribution is 5.93. The molecule has 0 bridgehead atoms. The van der Waals surface area contributed by atoms with E-state index < -0.39 is 17.6 Å². The average Bonchev–Trinajstić information content (AvgIpc) is 2.78. The number of aromatic amines is 1. The molecule has 0 fully saturated rings. The summed E-state index contributed by atoms with van der Waals surface area (Å²) in [5.41, 5.74) is 0.985. The lowest BCUT2D eigenvalue weighted by molar-refractivity contribution is -0.0381. The number of nitrogens with one attached hydrogen (secondary N) is 1. The Morgan fingerprint density at radius 2 is 2.10 bits per heavy atom. The van der Waals surface area contributed by atoms with Crippen molar-refractivity contribution in [2.24, 2.45) is 0 Å². The van der Waals surface area contributed by atoms with Crippen LogP contribution < -0.4 is 0 Å². The summed E-state index contributed by atoms with van der Waals surface area (Å²) in [6.07, 6.45) is 0.134. The van der Waals surface area contributed by atoms with Crippen LogP contribution >= 0.6 is 0 Å². The molecule has 1 aliphatic rings. The monoisotopic (exact) mass is 296 g/mol. The van der Waals surface area contributed by atoms with E-state index in [0.29, 0.717) is 23.6 Å². The van der Waals surface area contributed by atoms with Gasteiger partial charge in [0.1, 0.15) is 5.60 Å². The van der Waals surface area contributed by atoms with Gasteiger partial charge in [-0.2, -0.15) is 5.10 Å². The fourth-order valence-corrected chi connectivity index (χ4v) is 2.11. The fourth-order valence-electron chi connectivity index (χ4n) is 2.11. The van der Waals surface area contributed by atoms with Gasteiger partial charge in [0.05, 0.1) is 6.54 Å². The molecule has 8 heteroatoms. The molecule has 0 radical (unpaired) electrons. The van der Waals surface area contributed by atoms with E-state index in [1.165, 1.54) is 11.9 Å². The van der Waals surface area contributed by atoms with E-state index in [1.807, 2.05) is 0 Å². The van der Waals surface area contributed by atoms with Crippen molar-refractivity contribution in [3.05, 3.63) is 17.0 Å². The average molecular weight is 296 g/mol. The molecule has 1 aromatic heterocycles. The molecule has 8 nitrogen and oxygen atoms in total. The molecule has 2 heterocycles. The fraction of sp³-hybridized carbons (Fsp3) is 0.615. The van der Waals surface area contributed by atoms with Gasteiger partial charge in [-0.3, -0.25) is 15.1 Å². The molecule has 116 valence electrons. The summed E-state index contributed by atoms with van der Waals surface area (Å²) in [6, 6.07) is 0. The molecule has 21 heavy (non-hydrogen) atoms. The molecule has 0 spiro atoms. The molecule has 1 aliphatic heterocycles. The largest absolute Gasteiger partial charge is 0.444 e. The van der Waals surface area contributed by atoms with Crippen molar-refractivity contribution in [3.63, 3.8) is 0 Å². The summed E-state index contributed by atoms with van der Waals surface area (Å²) in [5, 5.41) is 16.4. The molecule has 0 aromatic carbocycles. The van der Waals surface area contributed by atoms with Gasteiger partial charge in [-0.25, -0.2) is 9.86 Å². The van der Waals surface area contributed by atoms with E-state index in [4.69, 9.17) is 4.74 Å². The maximum atomic E-state index is 12.1. The summed E-state index contributed by atoms with van der Waals surface area (Å²) in [4.78, 5) is 25.5. The van der Waals surface area contributed by atoms with Crippen LogP contribution in [-0.2, 0) is 17.7 Å². The van der Waals surface area contributed by atoms with Crippen molar-refractivity contribution in [2.45, 2.75) is 39.3 Å². The molecule has 0 saturated carbocycles. The van der Waals surface area contributed by atoms with E-state index >= 15 is 0 Å². The van der Waals surface area contributed by atoms with Crippen LogP contribution in [0.2, 0.25) is 0 Å². The zero-order valence-corrected chi connectivity index (χ0v) is 12.6. The first kappa shape index (κ1) is 15.3. The summed E-state index contributed by atoms with van der Waals surface area (Å²) in [7, 11) is 1.23. The van der Waals surface area contributed by atoms with Gasteiger partial charge in [-0.05, 0) is 20.8 Å². The maximum Gasteiger partial charge on any atom is 0.410 e. The van der Waals surface area contributed by atoms with Gasteiger partial charge in [0.2, 0.25) is 0 Å². The standard InChI is InChI=1S/C13H20N4O4/c1-13(2,3)21-12(19)17-6-5-9-8(7-17)10(15-14-9)11(18)16(4)20/h20H,5-7H2,1-4H3,(H,14,15). The minimum atomic E-state index is -0.612. The lowest BCUT2D eigenvalue weighted by Gasteiger charge is -2.30. The number of ether oxygens (including phenoxy) is 1. The van der Waals surface area contributed by atoms with Crippen LogP contribution in [0.25, 0.3) is 0 Å². The maximum absolute atomic E-state index is 12.1. The van der Waals surface area contributed by atoms with Crippen LogP contribution in [0.15, 0.2) is 0 Å². The van der Waals surface area contributed by atoms with Crippen LogP contribution in [0, 0.1) is 0 Å². The second-order valence-corrected chi connectivity index (χ2v) is 6.01. The normalized spacial score (nSPS) is 14.6. The number of carbonyl (C=O) groups excluding carboxylic acids is 2.